The van der Waals surface area contributed by atoms with Gasteiger partial charge in [-0.05, 0) is 24.3 Å². The second-order valence-corrected chi connectivity index (χ2v) is 3.93. The Balaban J connectivity index is 2.52. The lowest BCUT2D eigenvalue weighted by Crippen LogP contribution is -2.24. The third-order valence-electron chi connectivity index (χ3n) is 2.63. The SMILES string of the molecule is CNC(=O)Cn1nnc(C(=O)O)c1-c1ccc(F)cc1. The largest absolute Gasteiger partial charge is 0.476 e. The van der Waals surface area contributed by atoms with Gasteiger partial charge in [0.05, 0.1) is 0 Å². The number of rotatable bonds is 4. The molecule has 0 atom stereocenters. The van der Waals surface area contributed by atoms with Crippen LogP contribution in [0, 0.1) is 5.82 Å². The van der Waals surface area contributed by atoms with Crippen molar-refractivity contribution < 1.29 is 19.1 Å². The van der Waals surface area contributed by atoms with Crippen molar-refractivity contribution in [2.24, 2.45) is 0 Å². The van der Waals surface area contributed by atoms with Gasteiger partial charge in [0, 0.05) is 12.6 Å². The van der Waals surface area contributed by atoms with Crippen molar-refractivity contribution in [1.29, 1.82) is 0 Å². The molecule has 104 valence electrons. The van der Waals surface area contributed by atoms with Crippen molar-refractivity contribution in [3.63, 3.8) is 0 Å². The van der Waals surface area contributed by atoms with Crippen molar-refractivity contribution in [2.75, 3.05) is 7.05 Å². The second kappa shape index (κ2) is 5.47. The Morgan fingerprint density at radius 3 is 2.55 bits per heavy atom. The minimum Gasteiger partial charge on any atom is -0.476 e. The van der Waals surface area contributed by atoms with Gasteiger partial charge in [0.1, 0.15) is 18.1 Å². The maximum Gasteiger partial charge on any atom is 0.358 e. The highest BCUT2D eigenvalue weighted by Crippen LogP contribution is 2.22. The highest BCUT2D eigenvalue weighted by Gasteiger charge is 2.21. The number of hydrogen-bond donors (Lipinski definition) is 2. The van der Waals surface area contributed by atoms with Crippen molar-refractivity contribution in [3.8, 4) is 11.3 Å². The van der Waals surface area contributed by atoms with Gasteiger partial charge in [-0.15, -0.1) is 5.10 Å². The summed E-state index contributed by atoms with van der Waals surface area (Å²) >= 11 is 0. The van der Waals surface area contributed by atoms with Gasteiger partial charge in [-0.1, -0.05) is 5.21 Å². The number of benzene rings is 1. The van der Waals surface area contributed by atoms with Crippen LogP contribution in [0.4, 0.5) is 4.39 Å². The Bertz CT molecular complexity index is 651. The molecule has 8 heteroatoms. The molecule has 0 fully saturated rings. The van der Waals surface area contributed by atoms with E-state index in [0.717, 1.165) is 4.68 Å². The summed E-state index contributed by atoms with van der Waals surface area (Å²) in [6.45, 7) is -0.177. The zero-order chi connectivity index (χ0) is 14.7. The number of carbonyl (C=O) groups is 2. The lowest BCUT2D eigenvalue weighted by Gasteiger charge is -2.06. The minimum atomic E-state index is -1.27. The molecule has 0 bridgehead atoms. The molecule has 20 heavy (non-hydrogen) atoms. The maximum atomic E-state index is 12.9. The Hall–Kier alpha value is -2.77. The van der Waals surface area contributed by atoms with Crippen LogP contribution in [-0.2, 0) is 11.3 Å². The first-order valence-corrected chi connectivity index (χ1v) is 5.66. The van der Waals surface area contributed by atoms with Crippen molar-refractivity contribution >= 4 is 11.9 Å². The molecule has 0 unspecified atom stereocenters. The van der Waals surface area contributed by atoms with Crippen LogP contribution in [0.25, 0.3) is 11.3 Å². The lowest BCUT2D eigenvalue weighted by atomic mass is 10.1. The number of carbonyl (C=O) groups excluding carboxylic acids is 1. The van der Waals surface area contributed by atoms with E-state index in [4.69, 9.17) is 5.11 Å². The molecule has 0 spiro atoms. The molecule has 1 heterocycles. The molecule has 0 aliphatic rings. The van der Waals surface area contributed by atoms with Gasteiger partial charge >= 0.3 is 5.97 Å². The molecule has 1 aromatic heterocycles. The molecule has 2 N–H and O–H groups in total. The number of amides is 1. The predicted molar refractivity (Wildman–Crippen MR) is 66.4 cm³/mol. The van der Waals surface area contributed by atoms with E-state index in [0.29, 0.717) is 5.56 Å². The Morgan fingerprint density at radius 1 is 1.35 bits per heavy atom. The first-order valence-electron chi connectivity index (χ1n) is 5.66. The second-order valence-electron chi connectivity index (χ2n) is 3.93. The van der Waals surface area contributed by atoms with E-state index in [9.17, 15) is 14.0 Å². The monoisotopic (exact) mass is 278 g/mol. The van der Waals surface area contributed by atoms with Gasteiger partial charge in [-0.2, -0.15) is 0 Å². The number of carboxylic acid groups (broad SMARTS) is 1. The summed E-state index contributed by atoms with van der Waals surface area (Å²) in [4.78, 5) is 22.5. The van der Waals surface area contributed by atoms with E-state index in [1.54, 1.807) is 0 Å². The van der Waals surface area contributed by atoms with Crippen LogP contribution < -0.4 is 5.32 Å². The fourth-order valence-corrected chi connectivity index (χ4v) is 1.68. The third kappa shape index (κ3) is 2.63. The summed E-state index contributed by atoms with van der Waals surface area (Å²) in [6.07, 6.45) is 0. The molecular formula is C12H11FN4O3. The number of nitrogens with zero attached hydrogens (tertiary/aromatic N) is 3. The summed E-state index contributed by atoms with van der Waals surface area (Å²) in [6, 6.07) is 5.19. The molecule has 0 aliphatic carbocycles. The van der Waals surface area contributed by atoms with E-state index in [1.807, 2.05) is 0 Å². The number of likely N-dealkylation sites (N-methyl/N-ethyl adjacent to an activating group) is 1. The molecule has 1 aromatic carbocycles. The summed E-state index contributed by atoms with van der Waals surface area (Å²) in [5.41, 5.74) is 0.277. The highest BCUT2D eigenvalue weighted by atomic mass is 19.1. The van der Waals surface area contributed by atoms with E-state index < -0.39 is 11.8 Å². The topological polar surface area (TPSA) is 97.1 Å². The standard InChI is InChI=1S/C12H11FN4O3/c1-14-9(18)6-17-11(10(12(19)20)15-16-17)7-2-4-8(13)5-3-7/h2-5H,6H2,1H3,(H,14,18)(H,19,20). The molecule has 2 aromatic rings. The van der Waals surface area contributed by atoms with Gasteiger partial charge in [0.15, 0.2) is 5.69 Å². The van der Waals surface area contributed by atoms with Crippen LogP contribution in [0.5, 0.6) is 0 Å². The van der Waals surface area contributed by atoms with Crippen LogP contribution in [0.3, 0.4) is 0 Å². The lowest BCUT2D eigenvalue weighted by molar-refractivity contribution is -0.121. The molecule has 0 saturated heterocycles. The Morgan fingerprint density at radius 2 is 2.00 bits per heavy atom. The number of hydrogen-bond acceptors (Lipinski definition) is 4. The van der Waals surface area contributed by atoms with E-state index in [2.05, 4.69) is 15.6 Å². The first-order chi connectivity index (χ1) is 9.52. The number of halogens is 1. The average Bonchev–Trinajstić information content (AvgIpc) is 2.83. The van der Waals surface area contributed by atoms with Gasteiger partial charge in [-0.3, -0.25) is 4.79 Å². The van der Waals surface area contributed by atoms with Crippen LogP contribution in [0.1, 0.15) is 10.5 Å². The van der Waals surface area contributed by atoms with Gasteiger partial charge in [0.25, 0.3) is 0 Å². The predicted octanol–water partition coefficient (Wildman–Crippen LogP) is 0.528. The normalized spacial score (nSPS) is 10.3. The fourth-order valence-electron chi connectivity index (χ4n) is 1.68. The van der Waals surface area contributed by atoms with Gasteiger partial charge in [-0.25, -0.2) is 13.9 Å². The van der Waals surface area contributed by atoms with Crippen LogP contribution in [0.15, 0.2) is 24.3 Å². The third-order valence-corrected chi connectivity index (χ3v) is 2.63. The zero-order valence-electron chi connectivity index (χ0n) is 10.5. The van der Waals surface area contributed by atoms with E-state index >= 15 is 0 Å². The van der Waals surface area contributed by atoms with Crippen LogP contribution in [-0.4, -0.2) is 39.0 Å². The van der Waals surface area contributed by atoms with Crippen molar-refractivity contribution in [2.45, 2.75) is 6.54 Å². The number of carboxylic acids is 1. The first kappa shape index (κ1) is 13.7. The fraction of sp³-hybridized carbons (Fsp3) is 0.167. The van der Waals surface area contributed by atoms with Crippen molar-refractivity contribution in [1.82, 2.24) is 20.3 Å². The average molecular weight is 278 g/mol. The summed E-state index contributed by atoms with van der Waals surface area (Å²) < 4.78 is 14.1. The quantitative estimate of drug-likeness (QED) is 0.850. The Labute approximate surface area is 113 Å². The van der Waals surface area contributed by atoms with E-state index in [-0.39, 0.29) is 23.8 Å². The van der Waals surface area contributed by atoms with Gasteiger partial charge in [0.2, 0.25) is 5.91 Å². The number of aromatic carboxylic acids is 1. The summed E-state index contributed by atoms with van der Waals surface area (Å²) in [5.74, 6) is -2.07. The molecular weight excluding hydrogens is 267 g/mol. The Kier molecular flexibility index (Phi) is 3.74. The van der Waals surface area contributed by atoms with Gasteiger partial charge < -0.3 is 10.4 Å². The zero-order valence-corrected chi connectivity index (χ0v) is 10.5. The number of aromatic nitrogens is 3. The smallest absolute Gasteiger partial charge is 0.358 e. The van der Waals surface area contributed by atoms with E-state index in [1.165, 1.54) is 31.3 Å². The maximum absolute atomic E-state index is 12.9. The summed E-state index contributed by atoms with van der Waals surface area (Å²) in [7, 11) is 1.45. The van der Waals surface area contributed by atoms with Crippen LogP contribution >= 0.6 is 0 Å². The molecule has 0 saturated carbocycles. The molecule has 0 radical (unpaired) electrons. The number of nitrogens with one attached hydrogen (secondary N) is 1. The summed E-state index contributed by atoms with van der Waals surface area (Å²) in [5, 5.41) is 18.7. The minimum absolute atomic E-state index is 0.154. The molecule has 7 nitrogen and oxygen atoms in total. The van der Waals surface area contributed by atoms with Crippen molar-refractivity contribution in [3.05, 3.63) is 35.8 Å². The molecule has 0 aliphatic heterocycles. The van der Waals surface area contributed by atoms with Crippen LogP contribution in [0.2, 0.25) is 0 Å². The molecule has 1 amide bonds. The molecule has 2 rings (SSSR count). The highest BCUT2D eigenvalue weighted by molar-refractivity contribution is 5.93.